The highest BCUT2D eigenvalue weighted by atomic mass is 16.7. The van der Waals surface area contributed by atoms with Crippen molar-refractivity contribution in [3.05, 3.63) is 41.9 Å². The van der Waals surface area contributed by atoms with Crippen LogP contribution < -0.4 is 19.5 Å². The molecule has 2 aromatic rings. The van der Waals surface area contributed by atoms with Gasteiger partial charge in [-0.15, -0.1) is 0 Å². The molecule has 0 radical (unpaired) electrons. The molecular weight excluding hydrogens is 270 g/mol. The Balaban J connectivity index is 1.38. The van der Waals surface area contributed by atoms with Gasteiger partial charge >= 0.3 is 0 Å². The molecule has 5 nitrogen and oxygen atoms in total. The third-order valence-electron chi connectivity index (χ3n) is 3.70. The van der Waals surface area contributed by atoms with Gasteiger partial charge in [-0.05, 0) is 31.0 Å². The second-order valence-corrected chi connectivity index (χ2v) is 5.33. The molecule has 0 saturated heterocycles. The van der Waals surface area contributed by atoms with Gasteiger partial charge < -0.3 is 23.9 Å². The van der Waals surface area contributed by atoms with Crippen molar-refractivity contribution in [1.82, 2.24) is 5.32 Å². The number of ether oxygens (including phenoxy) is 3. The molecule has 0 spiro atoms. The molecule has 0 amide bonds. The molecule has 0 bridgehead atoms. The van der Waals surface area contributed by atoms with Crippen molar-refractivity contribution >= 4 is 0 Å². The molecule has 1 N–H and O–H groups in total. The quantitative estimate of drug-likeness (QED) is 0.885. The number of nitrogens with one attached hydrogen (secondary N) is 1. The van der Waals surface area contributed by atoms with Crippen LogP contribution in [0.4, 0.5) is 0 Å². The van der Waals surface area contributed by atoms with Gasteiger partial charge in [-0.25, -0.2) is 0 Å². The minimum atomic E-state index is 0.275. The Labute approximate surface area is 122 Å². The number of fused-ring (bicyclic) bond motifs is 1. The maximum absolute atomic E-state index is 5.82. The van der Waals surface area contributed by atoms with Gasteiger partial charge in [0.15, 0.2) is 11.5 Å². The molecular formula is C16H17NO4. The summed E-state index contributed by atoms with van der Waals surface area (Å²) in [6.45, 7) is 1.52. The molecule has 0 atom stereocenters. The second-order valence-electron chi connectivity index (χ2n) is 5.33. The fraction of sp³-hybridized carbons (Fsp3) is 0.375. The lowest BCUT2D eigenvalue weighted by atomic mass is 10.2. The van der Waals surface area contributed by atoms with Crippen LogP contribution in [0, 0.1) is 0 Å². The van der Waals surface area contributed by atoms with E-state index in [1.165, 1.54) is 12.8 Å². The van der Waals surface area contributed by atoms with Gasteiger partial charge in [0.05, 0.1) is 12.8 Å². The first-order valence-corrected chi connectivity index (χ1v) is 7.19. The van der Waals surface area contributed by atoms with Crippen molar-refractivity contribution in [2.24, 2.45) is 0 Å². The van der Waals surface area contributed by atoms with Crippen molar-refractivity contribution in [3.8, 4) is 17.2 Å². The third kappa shape index (κ3) is 2.83. The molecule has 0 unspecified atom stereocenters. The van der Waals surface area contributed by atoms with E-state index >= 15 is 0 Å². The summed E-state index contributed by atoms with van der Waals surface area (Å²) in [5.74, 6) is 3.21. The zero-order valence-corrected chi connectivity index (χ0v) is 11.6. The van der Waals surface area contributed by atoms with E-state index in [4.69, 9.17) is 18.6 Å². The van der Waals surface area contributed by atoms with E-state index in [2.05, 4.69) is 5.32 Å². The first-order valence-electron chi connectivity index (χ1n) is 7.19. The molecule has 110 valence electrons. The molecule has 1 aromatic carbocycles. The van der Waals surface area contributed by atoms with E-state index < -0.39 is 0 Å². The molecule has 1 saturated carbocycles. The van der Waals surface area contributed by atoms with Gasteiger partial charge in [0.2, 0.25) is 6.79 Å². The zero-order chi connectivity index (χ0) is 14.1. The van der Waals surface area contributed by atoms with Crippen molar-refractivity contribution < 1.29 is 18.6 Å². The summed E-state index contributed by atoms with van der Waals surface area (Å²) in [6.07, 6.45) is 4.25. The first-order chi connectivity index (χ1) is 10.4. The van der Waals surface area contributed by atoms with Crippen molar-refractivity contribution in [1.29, 1.82) is 0 Å². The van der Waals surface area contributed by atoms with Gasteiger partial charge in [0.1, 0.15) is 18.1 Å². The highest BCUT2D eigenvalue weighted by Gasteiger charge is 2.21. The minimum absolute atomic E-state index is 0.275. The number of hydrogen-bond donors (Lipinski definition) is 1. The maximum atomic E-state index is 5.82. The molecule has 1 aliphatic carbocycles. The largest absolute Gasteiger partial charge is 0.489 e. The molecule has 5 heteroatoms. The lowest BCUT2D eigenvalue weighted by molar-refractivity contribution is 0.173. The van der Waals surface area contributed by atoms with E-state index in [1.54, 1.807) is 6.26 Å². The standard InChI is InChI=1S/C16H17NO4/c1-2-12(1)17-8-16-11(5-6-18-16)9-19-13-3-4-14-15(7-13)21-10-20-14/h3-7,12,17H,1-2,8-10H2. The van der Waals surface area contributed by atoms with Crippen LogP contribution in [-0.4, -0.2) is 12.8 Å². The molecule has 2 heterocycles. The van der Waals surface area contributed by atoms with Gasteiger partial charge in [0.25, 0.3) is 0 Å². The van der Waals surface area contributed by atoms with Crippen LogP contribution >= 0.6 is 0 Å². The zero-order valence-electron chi connectivity index (χ0n) is 11.6. The predicted octanol–water partition coefficient (Wildman–Crippen LogP) is 2.84. The van der Waals surface area contributed by atoms with Crippen LogP contribution in [0.25, 0.3) is 0 Å². The summed E-state index contributed by atoms with van der Waals surface area (Å²) in [6, 6.07) is 8.22. The smallest absolute Gasteiger partial charge is 0.231 e. The van der Waals surface area contributed by atoms with Crippen LogP contribution in [-0.2, 0) is 13.2 Å². The summed E-state index contributed by atoms with van der Waals surface area (Å²) in [5.41, 5.74) is 1.07. The van der Waals surface area contributed by atoms with E-state index in [-0.39, 0.29) is 6.79 Å². The topological polar surface area (TPSA) is 52.9 Å². The highest BCUT2D eigenvalue weighted by Crippen LogP contribution is 2.35. The van der Waals surface area contributed by atoms with Crippen molar-refractivity contribution in [3.63, 3.8) is 0 Å². The van der Waals surface area contributed by atoms with Crippen LogP contribution in [0.3, 0.4) is 0 Å². The molecule has 2 aliphatic rings. The maximum Gasteiger partial charge on any atom is 0.231 e. The predicted molar refractivity (Wildman–Crippen MR) is 75.5 cm³/mol. The summed E-state index contributed by atoms with van der Waals surface area (Å²) in [5, 5.41) is 3.45. The van der Waals surface area contributed by atoms with Crippen molar-refractivity contribution in [2.45, 2.75) is 32.0 Å². The Morgan fingerprint density at radius 3 is 2.95 bits per heavy atom. The lowest BCUT2D eigenvalue weighted by Crippen LogP contribution is -2.16. The molecule has 21 heavy (non-hydrogen) atoms. The minimum Gasteiger partial charge on any atom is -0.489 e. The van der Waals surface area contributed by atoms with E-state index in [0.717, 1.165) is 35.1 Å². The fourth-order valence-corrected chi connectivity index (χ4v) is 2.30. The normalized spacial score (nSPS) is 16.2. The first kappa shape index (κ1) is 12.6. The number of hydrogen-bond acceptors (Lipinski definition) is 5. The number of rotatable bonds is 6. The third-order valence-corrected chi connectivity index (χ3v) is 3.70. The molecule has 4 rings (SSSR count). The average molecular weight is 287 g/mol. The van der Waals surface area contributed by atoms with Crippen molar-refractivity contribution in [2.75, 3.05) is 6.79 Å². The fourth-order valence-electron chi connectivity index (χ4n) is 2.30. The summed E-state index contributed by atoms with van der Waals surface area (Å²) >= 11 is 0. The monoisotopic (exact) mass is 287 g/mol. The molecule has 1 fully saturated rings. The van der Waals surface area contributed by atoms with Gasteiger partial charge in [-0.3, -0.25) is 0 Å². The Morgan fingerprint density at radius 2 is 2.05 bits per heavy atom. The SMILES string of the molecule is c1cc(COc2ccc3c(c2)OCO3)c(CNC2CC2)o1. The van der Waals surface area contributed by atoms with Crippen LogP contribution in [0.15, 0.2) is 34.9 Å². The molecule has 1 aromatic heterocycles. The summed E-state index contributed by atoms with van der Waals surface area (Å²) in [4.78, 5) is 0. The van der Waals surface area contributed by atoms with Gasteiger partial charge in [-0.1, -0.05) is 0 Å². The van der Waals surface area contributed by atoms with Crippen LogP contribution in [0.1, 0.15) is 24.2 Å². The van der Waals surface area contributed by atoms with E-state index in [1.807, 2.05) is 24.3 Å². The Hall–Kier alpha value is -2.14. The van der Waals surface area contributed by atoms with Crippen LogP contribution in [0.5, 0.6) is 17.2 Å². The average Bonchev–Trinajstić information content (AvgIpc) is 3.04. The Morgan fingerprint density at radius 1 is 1.14 bits per heavy atom. The lowest BCUT2D eigenvalue weighted by Gasteiger charge is -2.07. The van der Waals surface area contributed by atoms with Crippen LogP contribution in [0.2, 0.25) is 0 Å². The number of furan rings is 1. The molecule has 1 aliphatic heterocycles. The van der Waals surface area contributed by atoms with Gasteiger partial charge in [-0.2, -0.15) is 0 Å². The van der Waals surface area contributed by atoms with E-state index in [0.29, 0.717) is 12.6 Å². The summed E-state index contributed by atoms with van der Waals surface area (Å²) < 4.78 is 22.0. The highest BCUT2D eigenvalue weighted by molar-refractivity contribution is 5.46. The van der Waals surface area contributed by atoms with E-state index in [9.17, 15) is 0 Å². The Bertz CT molecular complexity index is 633. The second kappa shape index (κ2) is 5.33. The number of benzene rings is 1. The van der Waals surface area contributed by atoms with Gasteiger partial charge in [0, 0.05) is 17.7 Å². The Kier molecular flexibility index (Phi) is 3.20. The summed E-state index contributed by atoms with van der Waals surface area (Å²) in [7, 11) is 0.